The second-order valence-electron chi connectivity index (χ2n) is 5.75. The molecule has 4 nitrogen and oxygen atoms in total. The van der Waals surface area contributed by atoms with Crippen molar-refractivity contribution >= 4 is 0 Å². The monoisotopic (exact) mass is 280 g/mol. The van der Waals surface area contributed by atoms with Crippen molar-refractivity contribution in [2.24, 2.45) is 0 Å². The Labute approximate surface area is 122 Å². The molecule has 0 amide bonds. The Hall–Kier alpha value is -1.10. The number of ether oxygens (including phenoxy) is 1. The number of methoxy groups -OCH3 is 1. The van der Waals surface area contributed by atoms with Gasteiger partial charge in [-0.15, -0.1) is 0 Å². The molecule has 1 aromatic carbocycles. The van der Waals surface area contributed by atoms with Gasteiger partial charge in [0.1, 0.15) is 5.75 Å². The summed E-state index contributed by atoms with van der Waals surface area (Å²) in [6.45, 7) is 5.13. The molecule has 4 heteroatoms. The zero-order valence-electron chi connectivity index (χ0n) is 13.3. The highest BCUT2D eigenvalue weighted by atomic mass is 16.5. The van der Waals surface area contributed by atoms with Crippen molar-refractivity contribution in [1.29, 1.82) is 0 Å². The summed E-state index contributed by atoms with van der Waals surface area (Å²) in [6.07, 6.45) is 0.922. The second-order valence-corrected chi connectivity index (χ2v) is 5.75. The molecule has 2 atom stereocenters. The molecule has 1 aromatic rings. The summed E-state index contributed by atoms with van der Waals surface area (Å²) < 4.78 is 5.40. The molecule has 0 aliphatic carbocycles. The minimum absolute atomic E-state index is 0.120. The molecule has 0 aromatic heterocycles. The molecule has 114 valence electrons. The molecular weight excluding hydrogens is 252 g/mol. The van der Waals surface area contributed by atoms with Gasteiger partial charge in [0, 0.05) is 12.6 Å². The minimum Gasteiger partial charge on any atom is -0.496 e. The molecule has 0 fully saturated rings. The van der Waals surface area contributed by atoms with Crippen molar-refractivity contribution in [3.8, 4) is 5.75 Å². The molecule has 2 unspecified atom stereocenters. The summed E-state index contributed by atoms with van der Waals surface area (Å²) in [5.74, 6) is 0.936. The maximum atomic E-state index is 9.48. The Kier molecular flexibility index (Phi) is 6.46. The molecule has 1 rings (SSSR count). The highest BCUT2D eigenvalue weighted by molar-refractivity contribution is 5.33. The SMILES string of the molecule is CNC(C)(CO)CN(C)C(C)Cc1ccccc1OC. The molecule has 0 bridgehead atoms. The third-order valence-electron chi connectivity index (χ3n) is 4.01. The standard InChI is InChI=1S/C16H28N2O2/c1-13(18(4)11-16(2,12-19)17-3)10-14-8-6-7-9-15(14)20-5/h6-9,13,17,19H,10-12H2,1-5H3. The smallest absolute Gasteiger partial charge is 0.122 e. The number of aliphatic hydroxyl groups excluding tert-OH is 1. The Morgan fingerprint density at radius 3 is 2.60 bits per heavy atom. The van der Waals surface area contributed by atoms with Crippen molar-refractivity contribution in [2.75, 3.05) is 34.4 Å². The van der Waals surface area contributed by atoms with Crippen LogP contribution in [0.3, 0.4) is 0 Å². The Morgan fingerprint density at radius 2 is 2.05 bits per heavy atom. The van der Waals surface area contributed by atoms with Gasteiger partial charge in [-0.2, -0.15) is 0 Å². The van der Waals surface area contributed by atoms with Crippen LogP contribution in [0.2, 0.25) is 0 Å². The first kappa shape index (κ1) is 17.0. The molecule has 0 aliphatic rings. The van der Waals surface area contributed by atoms with E-state index in [9.17, 15) is 5.11 Å². The van der Waals surface area contributed by atoms with Gasteiger partial charge in [-0.1, -0.05) is 18.2 Å². The summed E-state index contributed by atoms with van der Waals surface area (Å²) in [4.78, 5) is 2.26. The van der Waals surface area contributed by atoms with Crippen LogP contribution in [0.5, 0.6) is 5.75 Å². The van der Waals surface area contributed by atoms with Crippen LogP contribution < -0.4 is 10.1 Å². The van der Waals surface area contributed by atoms with Gasteiger partial charge in [-0.25, -0.2) is 0 Å². The number of hydrogen-bond donors (Lipinski definition) is 2. The lowest BCUT2D eigenvalue weighted by Gasteiger charge is -2.35. The van der Waals surface area contributed by atoms with Gasteiger partial charge in [0.25, 0.3) is 0 Å². The normalized spacial score (nSPS) is 15.9. The first-order chi connectivity index (χ1) is 9.45. The molecule has 0 radical (unpaired) electrons. The van der Waals surface area contributed by atoms with Gasteiger partial charge in [0.05, 0.1) is 19.3 Å². The summed E-state index contributed by atoms with van der Waals surface area (Å²) in [5.41, 5.74) is 0.938. The number of rotatable bonds is 8. The third kappa shape index (κ3) is 4.47. The van der Waals surface area contributed by atoms with E-state index in [0.717, 1.165) is 18.7 Å². The van der Waals surface area contributed by atoms with E-state index in [0.29, 0.717) is 6.04 Å². The van der Waals surface area contributed by atoms with Crippen LogP contribution in [0.1, 0.15) is 19.4 Å². The fourth-order valence-electron chi connectivity index (χ4n) is 2.26. The summed E-state index contributed by atoms with van der Waals surface area (Å²) in [6, 6.07) is 8.49. The molecule has 0 saturated heterocycles. The minimum atomic E-state index is -0.274. The van der Waals surface area contributed by atoms with E-state index < -0.39 is 0 Å². The third-order valence-corrected chi connectivity index (χ3v) is 4.01. The van der Waals surface area contributed by atoms with Crippen LogP contribution in [0.15, 0.2) is 24.3 Å². The number of aliphatic hydroxyl groups is 1. The van der Waals surface area contributed by atoms with Gasteiger partial charge in [0.15, 0.2) is 0 Å². The highest BCUT2D eigenvalue weighted by Crippen LogP contribution is 2.20. The van der Waals surface area contributed by atoms with Crippen molar-refractivity contribution in [3.63, 3.8) is 0 Å². The fourth-order valence-corrected chi connectivity index (χ4v) is 2.26. The van der Waals surface area contributed by atoms with Crippen molar-refractivity contribution in [3.05, 3.63) is 29.8 Å². The van der Waals surface area contributed by atoms with Crippen LogP contribution in [0.25, 0.3) is 0 Å². The van der Waals surface area contributed by atoms with E-state index in [4.69, 9.17) is 4.74 Å². The van der Waals surface area contributed by atoms with E-state index >= 15 is 0 Å². The Balaban J connectivity index is 2.68. The zero-order valence-corrected chi connectivity index (χ0v) is 13.3. The van der Waals surface area contributed by atoms with Crippen LogP contribution in [0, 0.1) is 0 Å². The van der Waals surface area contributed by atoms with Crippen LogP contribution in [-0.2, 0) is 6.42 Å². The first-order valence-corrected chi connectivity index (χ1v) is 7.07. The van der Waals surface area contributed by atoms with Crippen molar-refractivity contribution in [1.82, 2.24) is 10.2 Å². The maximum absolute atomic E-state index is 9.48. The highest BCUT2D eigenvalue weighted by Gasteiger charge is 2.25. The second kappa shape index (κ2) is 7.62. The summed E-state index contributed by atoms with van der Waals surface area (Å²) in [7, 11) is 5.68. The Morgan fingerprint density at radius 1 is 1.40 bits per heavy atom. The molecule has 0 saturated carbocycles. The lowest BCUT2D eigenvalue weighted by molar-refractivity contribution is 0.121. The molecule has 0 heterocycles. The quantitative estimate of drug-likeness (QED) is 0.758. The topological polar surface area (TPSA) is 44.7 Å². The summed E-state index contributed by atoms with van der Waals surface area (Å²) in [5, 5.41) is 12.7. The Bertz CT molecular complexity index is 405. The van der Waals surface area contributed by atoms with Gasteiger partial charge in [0.2, 0.25) is 0 Å². The van der Waals surface area contributed by atoms with E-state index in [2.05, 4.69) is 30.3 Å². The van der Waals surface area contributed by atoms with Gasteiger partial charge >= 0.3 is 0 Å². The predicted octanol–water partition coefficient (Wildman–Crippen LogP) is 1.53. The van der Waals surface area contributed by atoms with E-state index in [1.165, 1.54) is 5.56 Å². The fraction of sp³-hybridized carbons (Fsp3) is 0.625. The van der Waals surface area contributed by atoms with E-state index in [1.807, 2.05) is 32.2 Å². The number of nitrogens with one attached hydrogen (secondary N) is 1. The number of hydrogen-bond acceptors (Lipinski definition) is 4. The van der Waals surface area contributed by atoms with Crippen molar-refractivity contribution in [2.45, 2.75) is 31.8 Å². The van der Waals surface area contributed by atoms with Crippen LogP contribution in [-0.4, -0.2) is 55.9 Å². The summed E-state index contributed by atoms with van der Waals surface area (Å²) >= 11 is 0. The zero-order chi connectivity index (χ0) is 15.2. The predicted molar refractivity (Wildman–Crippen MR) is 83.3 cm³/mol. The number of para-hydroxylation sites is 1. The average molecular weight is 280 g/mol. The lowest BCUT2D eigenvalue weighted by atomic mass is 10.0. The first-order valence-electron chi connectivity index (χ1n) is 7.07. The van der Waals surface area contributed by atoms with Gasteiger partial charge in [-0.3, -0.25) is 0 Å². The van der Waals surface area contributed by atoms with E-state index in [-0.39, 0.29) is 12.1 Å². The molecular formula is C16H28N2O2. The molecule has 0 spiro atoms. The van der Waals surface area contributed by atoms with E-state index in [1.54, 1.807) is 7.11 Å². The van der Waals surface area contributed by atoms with Gasteiger partial charge < -0.3 is 20.1 Å². The number of benzene rings is 1. The molecule has 0 aliphatic heterocycles. The lowest BCUT2D eigenvalue weighted by Crippen LogP contribution is -2.53. The van der Waals surface area contributed by atoms with Crippen molar-refractivity contribution < 1.29 is 9.84 Å². The largest absolute Gasteiger partial charge is 0.496 e. The van der Waals surface area contributed by atoms with Crippen LogP contribution >= 0.6 is 0 Å². The number of nitrogens with zero attached hydrogens (tertiary/aromatic N) is 1. The maximum Gasteiger partial charge on any atom is 0.122 e. The molecule has 2 N–H and O–H groups in total. The van der Waals surface area contributed by atoms with Gasteiger partial charge in [-0.05, 0) is 46.0 Å². The number of likely N-dealkylation sites (N-methyl/N-ethyl adjacent to an activating group) is 2. The molecule has 20 heavy (non-hydrogen) atoms. The van der Waals surface area contributed by atoms with Crippen LogP contribution in [0.4, 0.5) is 0 Å². The average Bonchev–Trinajstić information content (AvgIpc) is 2.47.